The van der Waals surface area contributed by atoms with E-state index in [2.05, 4.69) is 10.6 Å². The molecule has 2 amide bonds. The minimum atomic E-state index is -0.961. The molecule has 1 atom stereocenters. The molecule has 0 aliphatic heterocycles. The SMILES string of the molecule is CCC(=O)NC(C)(C)CCOC(C)CCNC(=O)C(C)(C)CC(C)(C)C(=O)O. The number of carbonyl (C=O) groups excluding carboxylic acids is 2. The summed E-state index contributed by atoms with van der Waals surface area (Å²) in [5.41, 5.74) is -2.05. The molecule has 0 spiro atoms. The summed E-state index contributed by atoms with van der Waals surface area (Å²) in [5.74, 6) is -1.04. The van der Waals surface area contributed by atoms with Crippen LogP contribution in [0.15, 0.2) is 0 Å². The summed E-state index contributed by atoms with van der Waals surface area (Å²) >= 11 is 0. The van der Waals surface area contributed by atoms with Gasteiger partial charge in [0.2, 0.25) is 11.8 Å². The predicted octanol–water partition coefficient (Wildman–Crippen LogP) is 3.12. The highest BCUT2D eigenvalue weighted by molar-refractivity contribution is 5.83. The number of hydrogen-bond acceptors (Lipinski definition) is 4. The molecule has 0 rings (SSSR count). The lowest BCUT2D eigenvalue weighted by atomic mass is 9.74. The van der Waals surface area contributed by atoms with Crippen LogP contribution >= 0.6 is 0 Å². The number of carboxylic acid groups (broad SMARTS) is 1. The summed E-state index contributed by atoms with van der Waals surface area (Å²) in [6, 6.07) is 0. The van der Waals surface area contributed by atoms with Crippen LogP contribution in [0.2, 0.25) is 0 Å². The van der Waals surface area contributed by atoms with Gasteiger partial charge in [-0.15, -0.1) is 0 Å². The maximum atomic E-state index is 12.4. The molecule has 0 aliphatic carbocycles. The third kappa shape index (κ3) is 10.1. The number of nitrogens with one attached hydrogen (secondary N) is 2. The Morgan fingerprint density at radius 2 is 1.61 bits per heavy atom. The first-order chi connectivity index (χ1) is 12.6. The summed E-state index contributed by atoms with van der Waals surface area (Å²) in [6.45, 7) is 15.5. The summed E-state index contributed by atoms with van der Waals surface area (Å²) < 4.78 is 5.79. The predicted molar refractivity (Wildman–Crippen MR) is 110 cm³/mol. The molecule has 1 unspecified atom stereocenters. The molecule has 0 aromatic rings. The van der Waals surface area contributed by atoms with Crippen LogP contribution < -0.4 is 10.6 Å². The van der Waals surface area contributed by atoms with Gasteiger partial charge in [-0.2, -0.15) is 0 Å². The molecule has 0 saturated heterocycles. The standard InChI is InChI=1S/C21H40N2O5/c1-9-16(24)23-21(7,8)11-13-28-15(2)10-12-22-17(25)19(3,4)14-20(5,6)18(26)27/h15H,9-14H2,1-8H3,(H,22,25)(H,23,24)(H,26,27). The second-order valence-electron chi connectivity index (χ2n) is 9.51. The Balaban J connectivity index is 4.26. The Hall–Kier alpha value is -1.63. The lowest BCUT2D eigenvalue weighted by Gasteiger charge is -2.31. The topological polar surface area (TPSA) is 105 Å². The minimum Gasteiger partial charge on any atom is -0.481 e. The fourth-order valence-corrected chi connectivity index (χ4v) is 3.02. The Morgan fingerprint density at radius 3 is 2.11 bits per heavy atom. The molecular weight excluding hydrogens is 360 g/mol. The zero-order chi connectivity index (χ0) is 22.2. The van der Waals surface area contributed by atoms with Gasteiger partial charge in [0.05, 0.1) is 11.5 Å². The molecule has 0 radical (unpaired) electrons. The second-order valence-corrected chi connectivity index (χ2v) is 9.51. The molecule has 28 heavy (non-hydrogen) atoms. The van der Waals surface area contributed by atoms with E-state index < -0.39 is 16.8 Å². The highest BCUT2D eigenvalue weighted by atomic mass is 16.5. The van der Waals surface area contributed by atoms with E-state index in [9.17, 15) is 19.5 Å². The quantitative estimate of drug-likeness (QED) is 0.440. The molecule has 7 heteroatoms. The lowest BCUT2D eigenvalue weighted by molar-refractivity contribution is -0.149. The van der Waals surface area contributed by atoms with Crippen LogP contribution in [0.5, 0.6) is 0 Å². The van der Waals surface area contributed by atoms with Crippen molar-refractivity contribution in [3.63, 3.8) is 0 Å². The van der Waals surface area contributed by atoms with Crippen molar-refractivity contribution < 1.29 is 24.2 Å². The summed E-state index contributed by atoms with van der Waals surface area (Å²) in [6.07, 6.45) is 2.04. The summed E-state index contributed by atoms with van der Waals surface area (Å²) in [7, 11) is 0. The van der Waals surface area contributed by atoms with E-state index in [0.29, 0.717) is 32.4 Å². The molecule has 3 N–H and O–H groups in total. The van der Waals surface area contributed by atoms with Gasteiger partial charge < -0.3 is 20.5 Å². The lowest BCUT2D eigenvalue weighted by Crippen LogP contribution is -2.44. The number of aliphatic carboxylic acids is 1. The van der Waals surface area contributed by atoms with E-state index >= 15 is 0 Å². The Kier molecular flexibility index (Phi) is 10.2. The first kappa shape index (κ1) is 26.4. The van der Waals surface area contributed by atoms with Gasteiger partial charge in [-0.1, -0.05) is 20.8 Å². The van der Waals surface area contributed by atoms with Gasteiger partial charge in [0.15, 0.2) is 0 Å². The van der Waals surface area contributed by atoms with E-state index in [1.165, 1.54) is 0 Å². The van der Waals surface area contributed by atoms with E-state index in [1.807, 2.05) is 27.7 Å². The number of rotatable bonds is 13. The number of carbonyl (C=O) groups is 3. The van der Waals surface area contributed by atoms with Crippen molar-refractivity contribution in [1.82, 2.24) is 10.6 Å². The Labute approximate surface area is 170 Å². The maximum absolute atomic E-state index is 12.4. The highest BCUT2D eigenvalue weighted by Gasteiger charge is 2.38. The van der Waals surface area contributed by atoms with Gasteiger partial charge in [0.25, 0.3) is 0 Å². The van der Waals surface area contributed by atoms with Crippen molar-refractivity contribution >= 4 is 17.8 Å². The third-order valence-corrected chi connectivity index (χ3v) is 4.84. The van der Waals surface area contributed by atoms with Crippen LogP contribution in [0.25, 0.3) is 0 Å². The van der Waals surface area contributed by atoms with Crippen LogP contribution in [0, 0.1) is 10.8 Å². The smallest absolute Gasteiger partial charge is 0.309 e. The summed E-state index contributed by atoms with van der Waals surface area (Å²) in [5, 5.41) is 15.1. The maximum Gasteiger partial charge on any atom is 0.309 e. The van der Waals surface area contributed by atoms with Crippen LogP contribution in [0.1, 0.15) is 81.1 Å². The minimum absolute atomic E-state index is 0.0226. The molecule has 0 fully saturated rings. The first-order valence-electron chi connectivity index (χ1n) is 10.1. The highest BCUT2D eigenvalue weighted by Crippen LogP contribution is 2.34. The zero-order valence-electron chi connectivity index (χ0n) is 18.9. The molecule has 0 aromatic heterocycles. The fraction of sp³-hybridized carbons (Fsp3) is 0.857. The van der Waals surface area contributed by atoms with Gasteiger partial charge in [-0.05, 0) is 53.9 Å². The average Bonchev–Trinajstić information content (AvgIpc) is 2.52. The van der Waals surface area contributed by atoms with E-state index in [4.69, 9.17) is 4.74 Å². The molecule has 0 heterocycles. The van der Waals surface area contributed by atoms with Gasteiger partial charge in [-0.25, -0.2) is 0 Å². The van der Waals surface area contributed by atoms with Crippen molar-refractivity contribution in [3.05, 3.63) is 0 Å². The molecular formula is C21H40N2O5. The van der Waals surface area contributed by atoms with Crippen molar-refractivity contribution in [2.24, 2.45) is 10.8 Å². The molecule has 7 nitrogen and oxygen atoms in total. The molecule has 0 aromatic carbocycles. The number of amides is 2. The van der Waals surface area contributed by atoms with Crippen molar-refractivity contribution in [3.8, 4) is 0 Å². The van der Waals surface area contributed by atoms with Crippen molar-refractivity contribution in [2.45, 2.75) is 92.7 Å². The van der Waals surface area contributed by atoms with Gasteiger partial charge >= 0.3 is 5.97 Å². The van der Waals surface area contributed by atoms with Crippen LogP contribution in [0.4, 0.5) is 0 Å². The first-order valence-corrected chi connectivity index (χ1v) is 10.1. The van der Waals surface area contributed by atoms with Crippen LogP contribution in [-0.2, 0) is 19.1 Å². The monoisotopic (exact) mass is 400 g/mol. The van der Waals surface area contributed by atoms with Crippen LogP contribution in [-0.4, -0.2) is 47.7 Å². The second kappa shape index (κ2) is 10.8. The average molecular weight is 401 g/mol. The van der Waals surface area contributed by atoms with E-state index in [-0.39, 0.29) is 29.9 Å². The van der Waals surface area contributed by atoms with E-state index in [1.54, 1.807) is 27.7 Å². The zero-order valence-corrected chi connectivity index (χ0v) is 18.9. The molecule has 0 bridgehead atoms. The Morgan fingerprint density at radius 1 is 1.04 bits per heavy atom. The van der Waals surface area contributed by atoms with Crippen LogP contribution in [0.3, 0.4) is 0 Å². The van der Waals surface area contributed by atoms with E-state index in [0.717, 1.165) is 0 Å². The normalized spacial score (nSPS) is 13.7. The Bertz CT molecular complexity index is 541. The largest absolute Gasteiger partial charge is 0.481 e. The number of ether oxygens (including phenoxy) is 1. The van der Waals surface area contributed by atoms with Crippen molar-refractivity contribution in [1.29, 1.82) is 0 Å². The number of carboxylic acids is 1. The van der Waals surface area contributed by atoms with Crippen molar-refractivity contribution in [2.75, 3.05) is 13.2 Å². The molecule has 0 aliphatic rings. The molecule has 0 saturated carbocycles. The van der Waals surface area contributed by atoms with Gasteiger partial charge in [0, 0.05) is 30.5 Å². The molecule has 164 valence electrons. The fourth-order valence-electron chi connectivity index (χ4n) is 3.02. The van der Waals surface area contributed by atoms with Gasteiger partial charge in [0.1, 0.15) is 0 Å². The number of hydrogen-bond donors (Lipinski definition) is 3. The van der Waals surface area contributed by atoms with Gasteiger partial charge in [-0.3, -0.25) is 14.4 Å². The summed E-state index contributed by atoms with van der Waals surface area (Å²) in [4.78, 5) is 35.2. The third-order valence-electron chi connectivity index (χ3n) is 4.84.